The number of aryl methyl sites for hydroxylation is 1. The second-order valence-corrected chi connectivity index (χ2v) is 6.88. The summed E-state index contributed by atoms with van der Waals surface area (Å²) in [5.74, 6) is -0.659. The lowest BCUT2D eigenvalue weighted by molar-refractivity contribution is -0.141. The normalized spacial score (nSPS) is 20.5. The molecule has 4 rings (SSSR count). The summed E-state index contributed by atoms with van der Waals surface area (Å²) in [7, 11) is 0. The lowest BCUT2D eigenvalue weighted by Gasteiger charge is -2.22. The number of benzene rings is 1. The minimum absolute atomic E-state index is 0.181. The Morgan fingerprint density at radius 2 is 2.00 bits per heavy atom. The summed E-state index contributed by atoms with van der Waals surface area (Å²) >= 11 is 0. The topological polar surface area (TPSA) is 70.5 Å². The van der Waals surface area contributed by atoms with Crippen molar-refractivity contribution in [1.29, 1.82) is 0 Å². The fourth-order valence-corrected chi connectivity index (χ4v) is 3.55. The largest absolute Gasteiger partial charge is 0.480 e. The van der Waals surface area contributed by atoms with Gasteiger partial charge in [-0.2, -0.15) is 0 Å². The van der Waals surface area contributed by atoms with Gasteiger partial charge in [0.15, 0.2) is 0 Å². The molecule has 2 aliphatic rings. The highest BCUT2D eigenvalue weighted by Crippen LogP contribution is 2.40. The van der Waals surface area contributed by atoms with Crippen LogP contribution in [0, 0.1) is 6.92 Å². The number of aromatic nitrogens is 1. The monoisotopic (exact) mass is 324 g/mol. The summed E-state index contributed by atoms with van der Waals surface area (Å²) in [5, 5.41) is 10.2. The maximum atomic E-state index is 13.1. The van der Waals surface area contributed by atoms with Crippen molar-refractivity contribution in [3.63, 3.8) is 0 Å². The van der Waals surface area contributed by atoms with Gasteiger partial charge < -0.3 is 10.0 Å². The summed E-state index contributed by atoms with van der Waals surface area (Å²) in [5.41, 5.74) is 3.44. The number of fused-ring (bicyclic) bond motifs is 1. The van der Waals surface area contributed by atoms with E-state index in [4.69, 9.17) is 4.98 Å². The molecule has 2 fully saturated rings. The number of carboxylic acid groups (broad SMARTS) is 1. The van der Waals surface area contributed by atoms with Crippen molar-refractivity contribution in [2.24, 2.45) is 0 Å². The van der Waals surface area contributed by atoms with Crippen molar-refractivity contribution < 1.29 is 14.7 Å². The highest BCUT2D eigenvalue weighted by atomic mass is 16.4. The molecule has 5 heteroatoms. The van der Waals surface area contributed by atoms with Crippen LogP contribution >= 0.6 is 0 Å². The SMILES string of the molecule is Cc1ccc2nc(C3CC3)cc(C(=O)N3CCC[C@@H]3C(=O)O)c2c1. The molecule has 1 N–H and O–H groups in total. The van der Waals surface area contributed by atoms with Crippen LogP contribution in [0.3, 0.4) is 0 Å². The standard InChI is InChI=1S/C19H20N2O3/c1-11-4-7-15-13(9-11)14(10-16(20-15)12-5-6-12)18(22)21-8-2-3-17(21)19(23)24/h4,7,9-10,12,17H,2-3,5-6,8H2,1H3,(H,23,24)/t17-/m1/s1. The van der Waals surface area contributed by atoms with E-state index in [-0.39, 0.29) is 5.91 Å². The molecule has 1 saturated heterocycles. The summed E-state index contributed by atoms with van der Waals surface area (Å²) in [4.78, 5) is 30.8. The van der Waals surface area contributed by atoms with Gasteiger partial charge in [-0.05, 0) is 50.8 Å². The Bertz CT molecular complexity index is 842. The molecule has 124 valence electrons. The van der Waals surface area contributed by atoms with Gasteiger partial charge in [0.1, 0.15) is 6.04 Å². The van der Waals surface area contributed by atoms with Gasteiger partial charge in [0.2, 0.25) is 0 Å². The fraction of sp³-hybridized carbons (Fsp3) is 0.421. The van der Waals surface area contributed by atoms with Gasteiger partial charge in [-0.15, -0.1) is 0 Å². The summed E-state index contributed by atoms with van der Waals surface area (Å²) < 4.78 is 0. The molecule has 1 amide bonds. The maximum absolute atomic E-state index is 13.1. The van der Waals surface area contributed by atoms with Gasteiger partial charge in [-0.3, -0.25) is 9.78 Å². The predicted molar refractivity (Wildman–Crippen MR) is 90.1 cm³/mol. The number of carboxylic acids is 1. The van der Waals surface area contributed by atoms with Crippen molar-refractivity contribution in [2.75, 3.05) is 6.54 Å². The maximum Gasteiger partial charge on any atom is 0.326 e. The number of pyridine rings is 1. The van der Waals surface area contributed by atoms with Crippen molar-refractivity contribution in [2.45, 2.75) is 44.6 Å². The number of amides is 1. The predicted octanol–water partition coefficient (Wildman–Crippen LogP) is 3.11. The van der Waals surface area contributed by atoms with E-state index in [0.717, 1.165) is 41.4 Å². The Morgan fingerprint density at radius 1 is 1.21 bits per heavy atom. The number of nitrogens with zero attached hydrogens (tertiary/aromatic N) is 2. The molecule has 1 aromatic carbocycles. The number of aliphatic carboxylic acids is 1. The number of carbonyl (C=O) groups is 2. The molecule has 0 bridgehead atoms. The zero-order valence-electron chi connectivity index (χ0n) is 13.7. The third kappa shape index (κ3) is 2.54. The van der Waals surface area contributed by atoms with Crippen LogP contribution in [0.25, 0.3) is 10.9 Å². The molecule has 24 heavy (non-hydrogen) atoms. The first-order valence-corrected chi connectivity index (χ1v) is 8.49. The average molecular weight is 324 g/mol. The molecule has 1 atom stereocenters. The van der Waals surface area contributed by atoms with E-state index in [2.05, 4.69) is 0 Å². The van der Waals surface area contributed by atoms with Gasteiger partial charge in [-0.1, -0.05) is 11.6 Å². The fourth-order valence-electron chi connectivity index (χ4n) is 3.55. The first-order chi connectivity index (χ1) is 11.5. The quantitative estimate of drug-likeness (QED) is 0.942. The van der Waals surface area contributed by atoms with E-state index >= 15 is 0 Å². The van der Waals surface area contributed by atoms with E-state index in [9.17, 15) is 14.7 Å². The van der Waals surface area contributed by atoms with Gasteiger partial charge >= 0.3 is 5.97 Å². The zero-order chi connectivity index (χ0) is 16.8. The Balaban J connectivity index is 1.83. The van der Waals surface area contributed by atoms with Crippen molar-refractivity contribution in [3.05, 3.63) is 41.1 Å². The summed E-state index contributed by atoms with van der Waals surface area (Å²) in [6.07, 6.45) is 3.48. The zero-order valence-corrected chi connectivity index (χ0v) is 13.7. The van der Waals surface area contributed by atoms with E-state index in [1.807, 2.05) is 31.2 Å². The van der Waals surface area contributed by atoms with Crippen molar-refractivity contribution in [3.8, 4) is 0 Å². The van der Waals surface area contributed by atoms with Crippen molar-refractivity contribution >= 4 is 22.8 Å². The van der Waals surface area contributed by atoms with E-state index < -0.39 is 12.0 Å². The second kappa shape index (κ2) is 5.58. The molecular formula is C19H20N2O3. The first kappa shape index (κ1) is 15.1. The Hall–Kier alpha value is -2.43. The van der Waals surface area contributed by atoms with Crippen LogP contribution in [-0.4, -0.2) is 39.5 Å². The molecule has 0 radical (unpaired) electrons. The highest BCUT2D eigenvalue weighted by Gasteiger charge is 2.36. The summed E-state index contributed by atoms with van der Waals surface area (Å²) in [6.45, 7) is 2.49. The Kier molecular flexibility index (Phi) is 3.52. The van der Waals surface area contributed by atoms with Gasteiger partial charge in [0.25, 0.3) is 5.91 Å². The molecule has 1 aliphatic carbocycles. The average Bonchev–Trinajstić information content (AvgIpc) is 3.29. The van der Waals surface area contributed by atoms with Gasteiger partial charge in [0.05, 0.1) is 11.1 Å². The van der Waals surface area contributed by atoms with E-state index in [0.29, 0.717) is 24.4 Å². The van der Waals surface area contributed by atoms with Crippen LogP contribution in [0.5, 0.6) is 0 Å². The molecule has 1 aliphatic heterocycles. The molecule has 2 heterocycles. The van der Waals surface area contributed by atoms with Crippen molar-refractivity contribution in [1.82, 2.24) is 9.88 Å². The molecule has 5 nitrogen and oxygen atoms in total. The lowest BCUT2D eigenvalue weighted by atomic mass is 10.0. The second-order valence-electron chi connectivity index (χ2n) is 6.88. The lowest BCUT2D eigenvalue weighted by Crippen LogP contribution is -2.40. The van der Waals surface area contributed by atoms with Gasteiger partial charge in [-0.25, -0.2) is 4.79 Å². The third-order valence-electron chi connectivity index (χ3n) is 5.01. The smallest absolute Gasteiger partial charge is 0.326 e. The number of rotatable bonds is 3. The van der Waals surface area contributed by atoms with Crippen LogP contribution < -0.4 is 0 Å². The number of hydrogen-bond acceptors (Lipinski definition) is 3. The minimum Gasteiger partial charge on any atom is -0.480 e. The van der Waals surface area contributed by atoms with Crippen LogP contribution in [0.4, 0.5) is 0 Å². The van der Waals surface area contributed by atoms with E-state index in [1.165, 1.54) is 4.90 Å². The molecule has 1 saturated carbocycles. The molecular weight excluding hydrogens is 304 g/mol. The Labute approximate surface area is 140 Å². The molecule has 1 aromatic heterocycles. The molecule has 0 unspecified atom stereocenters. The Morgan fingerprint density at radius 3 is 2.71 bits per heavy atom. The number of carbonyl (C=O) groups excluding carboxylic acids is 1. The van der Waals surface area contributed by atoms with Crippen LogP contribution in [0.15, 0.2) is 24.3 Å². The van der Waals surface area contributed by atoms with Crippen LogP contribution in [0.2, 0.25) is 0 Å². The number of hydrogen-bond donors (Lipinski definition) is 1. The first-order valence-electron chi connectivity index (χ1n) is 8.49. The molecule has 0 spiro atoms. The number of likely N-dealkylation sites (tertiary alicyclic amines) is 1. The minimum atomic E-state index is -0.919. The third-order valence-corrected chi connectivity index (χ3v) is 5.01. The van der Waals surface area contributed by atoms with E-state index in [1.54, 1.807) is 0 Å². The molecule has 2 aromatic rings. The van der Waals surface area contributed by atoms with Crippen LogP contribution in [0.1, 0.15) is 53.2 Å². The summed E-state index contributed by atoms with van der Waals surface area (Å²) in [6, 6.07) is 7.09. The highest BCUT2D eigenvalue weighted by molar-refractivity contribution is 6.07. The van der Waals surface area contributed by atoms with Crippen LogP contribution in [-0.2, 0) is 4.79 Å². The van der Waals surface area contributed by atoms with Gasteiger partial charge in [0, 0.05) is 23.5 Å².